The zero-order valence-electron chi connectivity index (χ0n) is 11.7. The molecule has 0 unspecified atom stereocenters. The van der Waals surface area contributed by atoms with Crippen molar-refractivity contribution in [2.75, 3.05) is 31.6 Å². The number of pyridine rings is 1. The number of hydrogen-bond donors (Lipinski definition) is 2. The molecule has 2 N–H and O–H groups in total. The van der Waals surface area contributed by atoms with Crippen molar-refractivity contribution in [1.29, 1.82) is 0 Å². The second-order valence-corrected chi connectivity index (χ2v) is 4.33. The number of aliphatic hydroxyl groups is 1. The van der Waals surface area contributed by atoms with Crippen LogP contribution in [0.5, 0.6) is 0 Å². The lowest BCUT2D eigenvalue weighted by atomic mass is 10.2. The molecule has 5 nitrogen and oxygen atoms in total. The molecule has 0 fully saturated rings. The zero-order chi connectivity index (χ0) is 14.1. The van der Waals surface area contributed by atoms with Gasteiger partial charge in [-0.3, -0.25) is 4.79 Å². The lowest BCUT2D eigenvalue weighted by molar-refractivity contribution is 0.0719. The Labute approximate surface area is 114 Å². The Morgan fingerprint density at radius 3 is 2.84 bits per heavy atom. The largest absolute Gasteiger partial charge is 0.395 e. The molecule has 0 atom stereocenters. The van der Waals surface area contributed by atoms with E-state index in [9.17, 15) is 4.79 Å². The summed E-state index contributed by atoms with van der Waals surface area (Å²) >= 11 is 0. The van der Waals surface area contributed by atoms with E-state index in [1.165, 1.54) is 0 Å². The maximum atomic E-state index is 12.4. The van der Waals surface area contributed by atoms with Gasteiger partial charge in [0.15, 0.2) is 0 Å². The molecule has 0 aliphatic heterocycles. The molecule has 1 rings (SSSR count). The van der Waals surface area contributed by atoms with E-state index in [2.05, 4.69) is 17.2 Å². The molecule has 0 aliphatic carbocycles. The summed E-state index contributed by atoms with van der Waals surface area (Å²) in [7, 11) is 0. The Bertz CT molecular complexity index is 396. The van der Waals surface area contributed by atoms with Crippen LogP contribution >= 0.6 is 0 Å². The van der Waals surface area contributed by atoms with Gasteiger partial charge in [0.05, 0.1) is 6.61 Å². The molecule has 0 aromatic carbocycles. The molecule has 0 saturated carbocycles. The quantitative estimate of drug-likeness (QED) is 0.751. The Balaban J connectivity index is 2.79. The van der Waals surface area contributed by atoms with Gasteiger partial charge in [-0.1, -0.05) is 13.3 Å². The third-order valence-corrected chi connectivity index (χ3v) is 2.80. The highest BCUT2D eigenvalue weighted by Crippen LogP contribution is 2.10. The smallest absolute Gasteiger partial charge is 0.254 e. The van der Waals surface area contributed by atoms with Crippen molar-refractivity contribution in [3.05, 3.63) is 23.9 Å². The fourth-order valence-electron chi connectivity index (χ4n) is 1.81. The van der Waals surface area contributed by atoms with Gasteiger partial charge in [-0.25, -0.2) is 4.98 Å². The van der Waals surface area contributed by atoms with Gasteiger partial charge < -0.3 is 15.3 Å². The van der Waals surface area contributed by atoms with Crippen LogP contribution in [0.1, 0.15) is 37.0 Å². The van der Waals surface area contributed by atoms with E-state index in [4.69, 9.17) is 5.11 Å². The van der Waals surface area contributed by atoms with Gasteiger partial charge in [0.2, 0.25) is 0 Å². The first-order valence-corrected chi connectivity index (χ1v) is 6.83. The summed E-state index contributed by atoms with van der Waals surface area (Å²) in [6, 6.07) is 3.46. The van der Waals surface area contributed by atoms with E-state index in [1.54, 1.807) is 23.2 Å². The zero-order valence-corrected chi connectivity index (χ0v) is 11.7. The predicted octanol–water partition coefficient (Wildman–Crippen LogP) is 1.75. The van der Waals surface area contributed by atoms with Crippen LogP contribution in [0.25, 0.3) is 0 Å². The Morgan fingerprint density at radius 2 is 2.21 bits per heavy atom. The molecular weight excluding hydrogens is 242 g/mol. The molecule has 0 saturated heterocycles. The Morgan fingerprint density at radius 1 is 1.42 bits per heavy atom. The van der Waals surface area contributed by atoms with Crippen molar-refractivity contribution < 1.29 is 9.90 Å². The summed E-state index contributed by atoms with van der Waals surface area (Å²) in [4.78, 5) is 18.2. The second kappa shape index (κ2) is 8.48. The Kier molecular flexibility index (Phi) is 6.89. The number of carbonyl (C=O) groups excluding carboxylic acids is 1. The molecule has 0 spiro atoms. The highest BCUT2D eigenvalue weighted by molar-refractivity contribution is 5.94. The summed E-state index contributed by atoms with van der Waals surface area (Å²) in [6.07, 6.45) is 3.59. The van der Waals surface area contributed by atoms with Gasteiger partial charge in [-0.05, 0) is 25.5 Å². The van der Waals surface area contributed by atoms with Gasteiger partial charge in [0.1, 0.15) is 5.82 Å². The highest BCUT2D eigenvalue weighted by Gasteiger charge is 2.15. The fourth-order valence-corrected chi connectivity index (χ4v) is 1.81. The fraction of sp³-hybridized carbons (Fsp3) is 0.571. The van der Waals surface area contributed by atoms with Crippen LogP contribution in [0.15, 0.2) is 18.3 Å². The third kappa shape index (κ3) is 4.87. The lowest BCUT2D eigenvalue weighted by Gasteiger charge is -2.21. The van der Waals surface area contributed by atoms with E-state index in [0.717, 1.165) is 19.4 Å². The van der Waals surface area contributed by atoms with Gasteiger partial charge in [-0.2, -0.15) is 0 Å². The summed E-state index contributed by atoms with van der Waals surface area (Å²) in [5, 5.41) is 12.1. The number of rotatable bonds is 8. The van der Waals surface area contributed by atoms with Gasteiger partial charge in [0, 0.05) is 31.4 Å². The van der Waals surface area contributed by atoms with Crippen molar-refractivity contribution in [3.8, 4) is 0 Å². The maximum Gasteiger partial charge on any atom is 0.254 e. The maximum absolute atomic E-state index is 12.4. The van der Waals surface area contributed by atoms with Crippen LogP contribution in [-0.4, -0.2) is 47.1 Å². The second-order valence-electron chi connectivity index (χ2n) is 4.33. The normalized spacial score (nSPS) is 10.3. The first-order chi connectivity index (χ1) is 9.22. The molecule has 0 bridgehead atoms. The number of aromatic nitrogens is 1. The topological polar surface area (TPSA) is 65.5 Å². The number of hydrogen-bond acceptors (Lipinski definition) is 4. The van der Waals surface area contributed by atoms with Crippen LogP contribution in [-0.2, 0) is 0 Å². The van der Waals surface area contributed by atoms with E-state index < -0.39 is 0 Å². The van der Waals surface area contributed by atoms with E-state index in [0.29, 0.717) is 24.5 Å². The number of amides is 1. The minimum absolute atomic E-state index is 0.0133. The third-order valence-electron chi connectivity index (χ3n) is 2.80. The molecule has 1 amide bonds. The number of unbranched alkanes of at least 4 members (excludes halogenated alkanes) is 1. The van der Waals surface area contributed by atoms with Crippen molar-refractivity contribution in [1.82, 2.24) is 9.88 Å². The molecule has 1 heterocycles. The van der Waals surface area contributed by atoms with Gasteiger partial charge in [0.25, 0.3) is 5.91 Å². The van der Waals surface area contributed by atoms with E-state index in [1.807, 2.05) is 6.92 Å². The molecule has 1 aromatic heterocycles. The molecule has 0 aliphatic rings. The van der Waals surface area contributed by atoms with Crippen LogP contribution in [0.3, 0.4) is 0 Å². The summed E-state index contributed by atoms with van der Waals surface area (Å²) in [6.45, 7) is 5.86. The predicted molar refractivity (Wildman–Crippen MR) is 76.3 cm³/mol. The molecule has 1 aromatic rings. The molecule has 106 valence electrons. The first-order valence-electron chi connectivity index (χ1n) is 6.83. The van der Waals surface area contributed by atoms with Crippen LogP contribution < -0.4 is 5.32 Å². The number of nitrogens with zero attached hydrogens (tertiary/aromatic N) is 2. The molecular formula is C14H23N3O2. The van der Waals surface area contributed by atoms with Crippen LogP contribution in [0.2, 0.25) is 0 Å². The number of carbonyl (C=O) groups is 1. The van der Waals surface area contributed by atoms with E-state index in [-0.39, 0.29) is 12.5 Å². The molecule has 0 radical (unpaired) electrons. The number of nitrogens with one attached hydrogen (secondary N) is 1. The SMILES string of the molecule is CCCCN(CCO)C(=O)c1ccnc(NCC)c1. The van der Waals surface area contributed by atoms with E-state index >= 15 is 0 Å². The average molecular weight is 265 g/mol. The van der Waals surface area contributed by atoms with Crippen molar-refractivity contribution >= 4 is 11.7 Å². The minimum Gasteiger partial charge on any atom is -0.395 e. The summed E-state index contributed by atoms with van der Waals surface area (Å²) in [5.74, 6) is 0.650. The monoisotopic (exact) mass is 265 g/mol. The van der Waals surface area contributed by atoms with Crippen molar-refractivity contribution in [2.45, 2.75) is 26.7 Å². The lowest BCUT2D eigenvalue weighted by Crippen LogP contribution is -2.34. The Hall–Kier alpha value is -1.62. The standard InChI is InChI=1S/C14H23N3O2/c1-3-5-8-17(9-10-18)14(19)12-6-7-16-13(11-12)15-4-2/h6-7,11,18H,3-5,8-10H2,1-2H3,(H,15,16). The summed E-state index contributed by atoms with van der Waals surface area (Å²) in [5.41, 5.74) is 0.607. The van der Waals surface area contributed by atoms with Gasteiger partial charge in [-0.15, -0.1) is 0 Å². The average Bonchev–Trinajstić information content (AvgIpc) is 2.43. The minimum atomic E-state index is -0.0518. The molecule has 5 heteroatoms. The number of aliphatic hydroxyl groups excluding tert-OH is 1. The van der Waals surface area contributed by atoms with Crippen LogP contribution in [0, 0.1) is 0 Å². The summed E-state index contributed by atoms with van der Waals surface area (Å²) < 4.78 is 0. The van der Waals surface area contributed by atoms with Crippen LogP contribution in [0.4, 0.5) is 5.82 Å². The first kappa shape index (κ1) is 15.4. The highest BCUT2D eigenvalue weighted by atomic mass is 16.3. The van der Waals surface area contributed by atoms with Gasteiger partial charge >= 0.3 is 0 Å². The van der Waals surface area contributed by atoms with Crippen molar-refractivity contribution in [2.24, 2.45) is 0 Å². The number of anilines is 1. The molecule has 19 heavy (non-hydrogen) atoms. The van der Waals surface area contributed by atoms with Crippen molar-refractivity contribution in [3.63, 3.8) is 0 Å².